The lowest BCUT2D eigenvalue weighted by Crippen LogP contribution is -2.14. The number of amides is 1. The summed E-state index contributed by atoms with van der Waals surface area (Å²) in [5.41, 5.74) is 3.98. The highest BCUT2D eigenvalue weighted by molar-refractivity contribution is 7.14. The van der Waals surface area contributed by atoms with Crippen molar-refractivity contribution in [2.75, 3.05) is 12.4 Å². The van der Waals surface area contributed by atoms with Crippen LogP contribution in [0.4, 0.5) is 5.13 Å². The van der Waals surface area contributed by atoms with Crippen LogP contribution in [0.5, 0.6) is 5.75 Å². The van der Waals surface area contributed by atoms with Crippen molar-refractivity contribution in [3.63, 3.8) is 0 Å². The Morgan fingerprint density at radius 2 is 1.92 bits per heavy atom. The average molecular weight is 338 g/mol. The number of carbonyl (C=O) groups is 1. The molecule has 0 saturated carbocycles. The van der Waals surface area contributed by atoms with Crippen molar-refractivity contribution in [2.24, 2.45) is 0 Å². The monoisotopic (exact) mass is 338 g/mol. The Morgan fingerprint density at radius 3 is 2.62 bits per heavy atom. The molecule has 2 aromatic carbocycles. The van der Waals surface area contributed by atoms with E-state index in [1.807, 2.05) is 60.8 Å². The summed E-state index contributed by atoms with van der Waals surface area (Å²) in [5.74, 6) is 0.751. The van der Waals surface area contributed by atoms with E-state index in [1.165, 1.54) is 11.3 Å². The number of ether oxygens (including phenoxy) is 1. The van der Waals surface area contributed by atoms with Crippen LogP contribution < -0.4 is 10.1 Å². The maximum atomic E-state index is 12.2. The van der Waals surface area contributed by atoms with E-state index in [4.69, 9.17) is 4.74 Å². The maximum absolute atomic E-state index is 12.2. The molecule has 0 bridgehead atoms. The topological polar surface area (TPSA) is 51.2 Å². The van der Waals surface area contributed by atoms with Crippen LogP contribution in [0.25, 0.3) is 11.3 Å². The highest BCUT2D eigenvalue weighted by atomic mass is 32.1. The molecule has 0 radical (unpaired) electrons. The molecule has 0 atom stereocenters. The first-order valence-electron chi connectivity index (χ1n) is 7.60. The van der Waals surface area contributed by atoms with Gasteiger partial charge in [-0.1, -0.05) is 24.3 Å². The van der Waals surface area contributed by atoms with Crippen LogP contribution in [-0.2, 0) is 11.2 Å². The Morgan fingerprint density at radius 1 is 1.17 bits per heavy atom. The number of aryl methyl sites for hydroxylation is 1. The van der Waals surface area contributed by atoms with E-state index >= 15 is 0 Å². The van der Waals surface area contributed by atoms with E-state index in [0.717, 1.165) is 28.1 Å². The van der Waals surface area contributed by atoms with Crippen molar-refractivity contribution >= 4 is 22.4 Å². The van der Waals surface area contributed by atoms with Crippen molar-refractivity contribution in [3.05, 3.63) is 65.0 Å². The van der Waals surface area contributed by atoms with Crippen LogP contribution in [0.2, 0.25) is 0 Å². The van der Waals surface area contributed by atoms with Gasteiger partial charge in [-0.05, 0) is 42.3 Å². The average Bonchev–Trinajstić information content (AvgIpc) is 3.05. The molecule has 3 aromatic rings. The van der Waals surface area contributed by atoms with Crippen LogP contribution in [-0.4, -0.2) is 18.0 Å². The van der Waals surface area contributed by atoms with Gasteiger partial charge in [-0.2, -0.15) is 0 Å². The number of nitrogens with zero attached hydrogens (tertiary/aromatic N) is 1. The fourth-order valence-electron chi connectivity index (χ4n) is 2.37. The third-order valence-corrected chi connectivity index (χ3v) is 4.51. The summed E-state index contributed by atoms with van der Waals surface area (Å²) in [7, 11) is 1.64. The lowest BCUT2D eigenvalue weighted by atomic mass is 10.1. The maximum Gasteiger partial charge on any atom is 0.230 e. The first-order chi connectivity index (χ1) is 11.7. The number of methoxy groups -OCH3 is 1. The summed E-state index contributed by atoms with van der Waals surface area (Å²) in [5, 5.41) is 5.42. The molecule has 0 aliphatic rings. The molecule has 1 heterocycles. The van der Waals surface area contributed by atoms with E-state index in [1.54, 1.807) is 7.11 Å². The van der Waals surface area contributed by atoms with Crippen molar-refractivity contribution in [3.8, 4) is 17.0 Å². The highest BCUT2D eigenvalue weighted by Crippen LogP contribution is 2.26. The van der Waals surface area contributed by atoms with Crippen LogP contribution >= 0.6 is 11.3 Å². The van der Waals surface area contributed by atoms with E-state index in [2.05, 4.69) is 10.3 Å². The highest BCUT2D eigenvalue weighted by Gasteiger charge is 2.10. The van der Waals surface area contributed by atoms with Crippen molar-refractivity contribution in [1.29, 1.82) is 0 Å². The zero-order valence-corrected chi connectivity index (χ0v) is 14.4. The molecule has 3 rings (SSSR count). The predicted molar refractivity (Wildman–Crippen MR) is 97.6 cm³/mol. The molecule has 4 nitrogen and oxygen atoms in total. The van der Waals surface area contributed by atoms with Gasteiger partial charge in [-0.15, -0.1) is 11.3 Å². The molecule has 0 spiro atoms. The van der Waals surface area contributed by atoms with Crippen molar-refractivity contribution in [2.45, 2.75) is 13.3 Å². The number of hydrogen-bond donors (Lipinski definition) is 1. The summed E-state index contributed by atoms with van der Waals surface area (Å²) >= 11 is 1.42. The smallest absolute Gasteiger partial charge is 0.230 e. The van der Waals surface area contributed by atoms with E-state index in [-0.39, 0.29) is 5.91 Å². The van der Waals surface area contributed by atoms with Crippen molar-refractivity contribution < 1.29 is 9.53 Å². The van der Waals surface area contributed by atoms with Gasteiger partial charge in [0.15, 0.2) is 5.13 Å². The molecule has 1 aromatic heterocycles. The van der Waals surface area contributed by atoms with Gasteiger partial charge in [-0.25, -0.2) is 4.98 Å². The van der Waals surface area contributed by atoms with Crippen LogP contribution in [0.15, 0.2) is 53.9 Å². The SMILES string of the molecule is COc1ccc(-c2csc(NC(=O)Cc3ccccc3C)n2)cc1. The van der Waals surface area contributed by atoms with Gasteiger partial charge in [0.25, 0.3) is 0 Å². The molecule has 0 saturated heterocycles. The predicted octanol–water partition coefficient (Wildman–Crippen LogP) is 4.31. The standard InChI is InChI=1S/C19H18N2O2S/c1-13-5-3-4-6-15(13)11-18(22)21-19-20-17(12-24-19)14-7-9-16(23-2)10-8-14/h3-10,12H,11H2,1-2H3,(H,20,21,22). The van der Waals surface area contributed by atoms with Crippen LogP contribution in [0.1, 0.15) is 11.1 Å². The minimum absolute atomic E-state index is 0.0556. The van der Waals surface area contributed by atoms with Crippen LogP contribution in [0, 0.1) is 6.92 Å². The van der Waals surface area contributed by atoms with E-state index < -0.39 is 0 Å². The van der Waals surface area contributed by atoms with Gasteiger partial charge in [0.1, 0.15) is 5.75 Å². The third kappa shape index (κ3) is 3.81. The Labute approximate surface area is 145 Å². The summed E-state index contributed by atoms with van der Waals surface area (Å²) < 4.78 is 5.15. The number of aromatic nitrogens is 1. The minimum atomic E-state index is -0.0556. The van der Waals surface area contributed by atoms with Gasteiger partial charge in [0.2, 0.25) is 5.91 Å². The largest absolute Gasteiger partial charge is 0.497 e. The van der Waals surface area contributed by atoms with Gasteiger partial charge in [-0.3, -0.25) is 4.79 Å². The second-order valence-corrected chi connectivity index (χ2v) is 6.28. The van der Waals surface area contributed by atoms with Gasteiger partial charge < -0.3 is 10.1 Å². The first-order valence-corrected chi connectivity index (χ1v) is 8.48. The van der Waals surface area contributed by atoms with Crippen molar-refractivity contribution in [1.82, 2.24) is 4.98 Å². The Bertz CT molecular complexity index is 841. The number of anilines is 1. The number of thiazole rings is 1. The Balaban J connectivity index is 1.67. The first kappa shape index (κ1) is 16.2. The summed E-state index contributed by atoms with van der Waals surface area (Å²) in [6.07, 6.45) is 0.351. The van der Waals surface area contributed by atoms with E-state index in [9.17, 15) is 4.79 Å². The molecular weight excluding hydrogens is 320 g/mol. The number of carbonyl (C=O) groups excluding carboxylic acids is 1. The minimum Gasteiger partial charge on any atom is -0.497 e. The molecule has 1 amide bonds. The lowest BCUT2D eigenvalue weighted by molar-refractivity contribution is -0.115. The number of rotatable bonds is 5. The summed E-state index contributed by atoms with van der Waals surface area (Å²) in [6, 6.07) is 15.6. The fourth-order valence-corrected chi connectivity index (χ4v) is 3.11. The van der Waals surface area contributed by atoms with Gasteiger partial charge in [0.05, 0.1) is 19.2 Å². The Kier molecular flexibility index (Phi) is 4.91. The number of hydrogen-bond acceptors (Lipinski definition) is 4. The normalized spacial score (nSPS) is 10.4. The molecule has 24 heavy (non-hydrogen) atoms. The van der Waals surface area contributed by atoms with Gasteiger partial charge in [0, 0.05) is 10.9 Å². The molecule has 122 valence electrons. The summed E-state index contributed by atoms with van der Waals surface area (Å²) in [6.45, 7) is 2.01. The molecule has 0 unspecified atom stereocenters. The molecule has 0 aliphatic heterocycles. The fraction of sp³-hybridized carbons (Fsp3) is 0.158. The van der Waals surface area contributed by atoms with Gasteiger partial charge >= 0.3 is 0 Å². The molecule has 0 fully saturated rings. The zero-order valence-electron chi connectivity index (χ0n) is 13.6. The second-order valence-electron chi connectivity index (χ2n) is 5.42. The Hall–Kier alpha value is -2.66. The molecule has 0 aliphatic carbocycles. The number of benzene rings is 2. The number of nitrogens with one attached hydrogen (secondary N) is 1. The van der Waals surface area contributed by atoms with Crippen LogP contribution in [0.3, 0.4) is 0 Å². The summed E-state index contributed by atoms with van der Waals surface area (Å²) in [4.78, 5) is 16.7. The van der Waals surface area contributed by atoms with E-state index in [0.29, 0.717) is 11.6 Å². The molecule has 5 heteroatoms. The molecular formula is C19H18N2O2S. The zero-order chi connectivity index (χ0) is 16.9. The molecule has 1 N–H and O–H groups in total. The third-order valence-electron chi connectivity index (χ3n) is 3.75. The quantitative estimate of drug-likeness (QED) is 0.754. The second kappa shape index (κ2) is 7.27. The lowest BCUT2D eigenvalue weighted by Gasteiger charge is -2.05.